The molecule has 0 saturated carbocycles. The van der Waals surface area contributed by atoms with E-state index in [2.05, 4.69) is 44.0 Å². The maximum absolute atomic E-state index is 13.1. The molecule has 0 aliphatic rings. The van der Waals surface area contributed by atoms with Gasteiger partial charge in [-0.05, 0) is 37.8 Å². The molecule has 0 saturated heterocycles. The van der Waals surface area contributed by atoms with Crippen molar-refractivity contribution in [3.8, 4) is 11.5 Å². The van der Waals surface area contributed by atoms with Gasteiger partial charge in [-0.15, -0.1) is 0 Å². The van der Waals surface area contributed by atoms with Crippen molar-refractivity contribution in [2.24, 2.45) is 11.8 Å². The van der Waals surface area contributed by atoms with Crippen molar-refractivity contribution >= 4 is 17.7 Å². The van der Waals surface area contributed by atoms with Crippen LogP contribution in [0.15, 0.2) is 30.5 Å². The lowest BCUT2D eigenvalue weighted by molar-refractivity contribution is -0.154. The SMILES string of the molecule is COc1ccnc(C(=O)C[C@@H](C)C(=O)O[C@@H](C)[C@@H](c2ccc(C)cc2C)C(C)C)c1OCOC(C)=O. The molecule has 0 amide bonds. The van der Waals surface area contributed by atoms with Crippen molar-refractivity contribution in [3.63, 3.8) is 0 Å². The fraction of sp³-hybridized carbons (Fsp3) is 0.500. The third kappa shape index (κ3) is 7.54. The van der Waals surface area contributed by atoms with E-state index < -0.39 is 30.4 Å². The highest BCUT2D eigenvalue weighted by atomic mass is 16.7. The quantitative estimate of drug-likeness (QED) is 0.223. The number of hydrogen-bond donors (Lipinski definition) is 0. The summed E-state index contributed by atoms with van der Waals surface area (Å²) < 4.78 is 21.4. The monoisotopic (exact) mass is 499 g/mol. The first-order valence-corrected chi connectivity index (χ1v) is 12.1. The zero-order valence-electron chi connectivity index (χ0n) is 22.4. The van der Waals surface area contributed by atoms with Gasteiger partial charge in [0.15, 0.2) is 23.0 Å². The number of methoxy groups -OCH3 is 1. The van der Waals surface area contributed by atoms with E-state index in [0.29, 0.717) is 0 Å². The first kappa shape index (κ1) is 28.8. The Hall–Kier alpha value is -3.42. The van der Waals surface area contributed by atoms with Gasteiger partial charge in [0.25, 0.3) is 0 Å². The van der Waals surface area contributed by atoms with Gasteiger partial charge < -0.3 is 18.9 Å². The third-order valence-electron chi connectivity index (χ3n) is 6.02. The van der Waals surface area contributed by atoms with Gasteiger partial charge >= 0.3 is 11.9 Å². The van der Waals surface area contributed by atoms with Crippen LogP contribution in [0.5, 0.6) is 11.5 Å². The van der Waals surface area contributed by atoms with Crippen LogP contribution < -0.4 is 9.47 Å². The number of nitrogens with zero attached hydrogens (tertiary/aromatic N) is 1. The Morgan fingerprint density at radius 3 is 2.31 bits per heavy atom. The van der Waals surface area contributed by atoms with E-state index in [1.54, 1.807) is 6.92 Å². The number of pyridine rings is 1. The number of Topliss-reactive ketones (excluding diaryl/α,β-unsaturated/α-hetero) is 1. The summed E-state index contributed by atoms with van der Waals surface area (Å²) in [5.74, 6) is -1.55. The maximum Gasteiger partial charge on any atom is 0.309 e. The zero-order valence-corrected chi connectivity index (χ0v) is 22.4. The number of esters is 2. The number of carbonyl (C=O) groups is 3. The Morgan fingerprint density at radius 1 is 1.03 bits per heavy atom. The number of rotatable bonds is 12. The zero-order chi connectivity index (χ0) is 27.0. The molecule has 1 aromatic heterocycles. The van der Waals surface area contributed by atoms with Gasteiger partial charge in [-0.25, -0.2) is 4.98 Å². The first-order valence-electron chi connectivity index (χ1n) is 12.1. The molecule has 0 aliphatic carbocycles. The summed E-state index contributed by atoms with van der Waals surface area (Å²) in [6.45, 7) is 12.7. The van der Waals surface area contributed by atoms with Gasteiger partial charge in [0, 0.05) is 31.5 Å². The highest BCUT2D eigenvalue weighted by molar-refractivity contribution is 5.99. The van der Waals surface area contributed by atoms with Gasteiger partial charge in [0.1, 0.15) is 6.10 Å². The second-order valence-corrected chi connectivity index (χ2v) is 9.39. The molecular weight excluding hydrogens is 462 g/mol. The molecule has 2 rings (SSSR count). The fourth-order valence-electron chi connectivity index (χ4n) is 4.29. The molecule has 0 bridgehead atoms. The predicted molar refractivity (Wildman–Crippen MR) is 135 cm³/mol. The highest BCUT2D eigenvalue weighted by Crippen LogP contribution is 2.34. The summed E-state index contributed by atoms with van der Waals surface area (Å²) in [5.41, 5.74) is 3.47. The van der Waals surface area contributed by atoms with Crippen LogP contribution in [0.3, 0.4) is 0 Å². The van der Waals surface area contributed by atoms with Crippen molar-refractivity contribution in [3.05, 3.63) is 52.8 Å². The van der Waals surface area contributed by atoms with Crippen LogP contribution in [0, 0.1) is 25.7 Å². The van der Waals surface area contributed by atoms with E-state index in [1.165, 1.54) is 31.9 Å². The van der Waals surface area contributed by atoms with Gasteiger partial charge in [-0.2, -0.15) is 0 Å². The number of hydrogen-bond acceptors (Lipinski definition) is 8. The summed E-state index contributed by atoms with van der Waals surface area (Å²) >= 11 is 0. The van der Waals surface area contributed by atoms with Crippen molar-refractivity contribution in [2.45, 2.75) is 66.9 Å². The van der Waals surface area contributed by atoms with Crippen LogP contribution in [0.1, 0.15) is 74.1 Å². The fourth-order valence-corrected chi connectivity index (χ4v) is 4.29. The van der Waals surface area contributed by atoms with Crippen molar-refractivity contribution in [1.82, 2.24) is 4.98 Å². The van der Waals surface area contributed by atoms with Crippen LogP contribution in [-0.2, 0) is 19.1 Å². The molecule has 8 nitrogen and oxygen atoms in total. The molecule has 2 aromatic rings. The third-order valence-corrected chi connectivity index (χ3v) is 6.02. The number of aromatic nitrogens is 1. The number of carbonyl (C=O) groups excluding carboxylic acids is 3. The Bertz CT molecular complexity index is 1080. The van der Waals surface area contributed by atoms with Crippen LogP contribution in [0.4, 0.5) is 0 Å². The molecule has 0 radical (unpaired) electrons. The van der Waals surface area contributed by atoms with E-state index >= 15 is 0 Å². The summed E-state index contributed by atoms with van der Waals surface area (Å²) in [5, 5.41) is 0. The minimum Gasteiger partial charge on any atom is -0.493 e. The van der Waals surface area contributed by atoms with Gasteiger partial charge in [-0.1, -0.05) is 44.5 Å². The normalized spacial score (nSPS) is 13.5. The van der Waals surface area contributed by atoms with Gasteiger partial charge in [0.2, 0.25) is 6.79 Å². The lowest BCUT2D eigenvalue weighted by atomic mass is 9.82. The molecule has 0 aliphatic heterocycles. The van der Waals surface area contributed by atoms with E-state index in [1.807, 2.05) is 13.8 Å². The Balaban J connectivity index is 2.14. The van der Waals surface area contributed by atoms with Gasteiger partial charge in [0.05, 0.1) is 13.0 Å². The van der Waals surface area contributed by atoms with Crippen molar-refractivity contribution < 1.29 is 33.3 Å². The molecule has 0 fully saturated rings. The average Bonchev–Trinajstić information content (AvgIpc) is 2.80. The number of benzene rings is 1. The summed E-state index contributed by atoms with van der Waals surface area (Å²) in [7, 11) is 1.42. The average molecular weight is 500 g/mol. The molecular formula is C28H37NO7. The van der Waals surface area contributed by atoms with E-state index in [-0.39, 0.29) is 41.6 Å². The van der Waals surface area contributed by atoms with Crippen LogP contribution in [0.2, 0.25) is 0 Å². The minimum atomic E-state index is -0.707. The van der Waals surface area contributed by atoms with Gasteiger partial charge in [-0.3, -0.25) is 14.4 Å². The number of aryl methyl sites for hydroxylation is 2. The molecule has 1 heterocycles. The Morgan fingerprint density at radius 2 is 1.72 bits per heavy atom. The lowest BCUT2D eigenvalue weighted by Crippen LogP contribution is -2.30. The molecule has 8 heteroatoms. The maximum atomic E-state index is 13.1. The Kier molecular flexibility index (Phi) is 10.4. The lowest BCUT2D eigenvalue weighted by Gasteiger charge is -2.30. The minimum absolute atomic E-state index is 0.00969. The molecule has 36 heavy (non-hydrogen) atoms. The summed E-state index contributed by atoms with van der Waals surface area (Å²) in [6.07, 6.45) is 0.896. The van der Waals surface area contributed by atoms with Crippen LogP contribution in [0.25, 0.3) is 0 Å². The molecule has 0 spiro atoms. The summed E-state index contributed by atoms with van der Waals surface area (Å²) in [6, 6.07) is 7.81. The summed E-state index contributed by atoms with van der Waals surface area (Å²) in [4.78, 5) is 41.2. The first-order chi connectivity index (χ1) is 17.0. The van der Waals surface area contributed by atoms with E-state index in [0.717, 1.165) is 11.1 Å². The number of ketones is 1. The van der Waals surface area contributed by atoms with Crippen molar-refractivity contribution in [1.29, 1.82) is 0 Å². The van der Waals surface area contributed by atoms with Crippen LogP contribution >= 0.6 is 0 Å². The molecule has 0 N–H and O–H groups in total. The second-order valence-electron chi connectivity index (χ2n) is 9.39. The largest absolute Gasteiger partial charge is 0.493 e. The molecule has 196 valence electrons. The number of ether oxygens (including phenoxy) is 4. The Labute approximate surface area is 213 Å². The smallest absolute Gasteiger partial charge is 0.309 e. The van der Waals surface area contributed by atoms with Crippen LogP contribution in [-0.4, -0.2) is 42.7 Å². The molecule has 0 unspecified atom stereocenters. The van der Waals surface area contributed by atoms with E-state index in [4.69, 9.17) is 18.9 Å². The second kappa shape index (κ2) is 13.0. The predicted octanol–water partition coefficient (Wildman–Crippen LogP) is 5.19. The van der Waals surface area contributed by atoms with Crippen molar-refractivity contribution in [2.75, 3.05) is 13.9 Å². The molecule has 3 atom stereocenters. The standard InChI is InChI=1S/C28H37NO7/c1-16(2)25(22-10-9-17(3)13-18(22)4)20(6)36-28(32)19(5)14-23(31)26-27(35-15-34-21(7)30)24(33-8)11-12-29-26/h9-13,16,19-20,25H,14-15H2,1-8H3/t19-,20+,25+/m1/s1. The highest BCUT2D eigenvalue weighted by Gasteiger charge is 2.30. The van der Waals surface area contributed by atoms with E-state index in [9.17, 15) is 14.4 Å². The topological polar surface area (TPSA) is 101 Å². The molecule has 1 aromatic carbocycles.